The molecule has 3 aliphatic rings. The quantitative estimate of drug-likeness (QED) is 0.869. The highest BCUT2D eigenvalue weighted by Gasteiger charge is 2.54. The van der Waals surface area contributed by atoms with E-state index in [1.807, 2.05) is 0 Å². The zero-order valence-corrected chi connectivity index (χ0v) is 11.3. The summed E-state index contributed by atoms with van der Waals surface area (Å²) >= 11 is 0. The summed E-state index contributed by atoms with van der Waals surface area (Å²) in [4.78, 5) is 0. The molecule has 0 aromatic heterocycles. The lowest BCUT2D eigenvalue weighted by molar-refractivity contribution is -0.147. The zero-order valence-electron chi connectivity index (χ0n) is 11.3. The van der Waals surface area contributed by atoms with Crippen LogP contribution in [0.15, 0.2) is 24.3 Å². The molecule has 3 aliphatic carbocycles. The van der Waals surface area contributed by atoms with Gasteiger partial charge in [0.15, 0.2) is 0 Å². The average Bonchev–Trinajstić information content (AvgIpc) is 2.41. The minimum atomic E-state index is -0.261. The van der Waals surface area contributed by atoms with Crippen molar-refractivity contribution >= 4 is 0 Å². The SMILES string of the molecule is COC12CCC(c3ccc(C)cc3)(CC1)C(O)C2. The fourth-order valence-electron chi connectivity index (χ4n) is 3.89. The number of aryl methyl sites for hydroxylation is 1. The molecule has 2 nitrogen and oxygen atoms in total. The van der Waals surface area contributed by atoms with Gasteiger partial charge in [0, 0.05) is 18.9 Å². The predicted octanol–water partition coefficient (Wildman–Crippen LogP) is 2.96. The summed E-state index contributed by atoms with van der Waals surface area (Å²) in [5.41, 5.74) is 2.52. The molecule has 2 bridgehead atoms. The second-order valence-corrected chi connectivity index (χ2v) is 6.13. The van der Waals surface area contributed by atoms with Crippen LogP contribution in [0.1, 0.15) is 43.2 Å². The average molecular weight is 246 g/mol. The second kappa shape index (κ2) is 4.07. The lowest BCUT2D eigenvalue weighted by atomic mass is 9.54. The van der Waals surface area contributed by atoms with E-state index >= 15 is 0 Å². The predicted molar refractivity (Wildman–Crippen MR) is 71.7 cm³/mol. The monoisotopic (exact) mass is 246 g/mol. The van der Waals surface area contributed by atoms with Gasteiger partial charge in [-0.05, 0) is 38.2 Å². The summed E-state index contributed by atoms with van der Waals surface area (Å²) in [5, 5.41) is 10.6. The largest absolute Gasteiger partial charge is 0.392 e. The maximum atomic E-state index is 10.6. The molecule has 0 saturated heterocycles. The number of rotatable bonds is 2. The van der Waals surface area contributed by atoms with Crippen molar-refractivity contribution < 1.29 is 9.84 Å². The summed E-state index contributed by atoms with van der Waals surface area (Å²) < 4.78 is 5.68. The highest BCUT2D eigenvalue weighted by atomic mass is 16.5. The van der Waals surface area contributed by atoms with E-state index in [2.05, 4.69) is 31.2 Å². The summed E-state index contributed by atoms with van der Waals surface area (Å²) in [6.45, 7) is 2.11. The maximum absolute atomic E-state index is 10.6. The molecule has 1 unspecified atom stereocenters. The molecular weight excluding hydrogens is 224 g/mol. The van der Waals surface area contributed by atoms with Gasteiger partial charge in [-0.25, -0.2) is 0 Å². The number of fused-ring (bicyclic) bond motifs is 3. The number of hydrogen-bond donors (Lipinski definition) is 1. The third kappa shape index (κ3) is 1.63. The Balaban J connectivity index is 1.95. The van der Waals surface area contributed by atoms with Crippen molar-refractivity contribution in [2.45, 2.75) is 56.1 Å². The van der Waals surface area contributed by atoms with Crippen LogP contribution >= 0.6 is 0 Å². The van der Waals surface area contributed by atoms with Crippen molar-refractivity contribution in [1.82, 2.24) is 0 Å². The number of methoxy groups -OCH3 is 1. The molecule has 0 spiro atoms. The Morgan fingerprint density at radius 3 is 2.22 bits per heavy atom. The van der Waals surface area contributed by atoms with E-state index in [4.69, 9.17) is 4.74 Å². The molecule has 3 saturated carbocycles. The first-order valence-electron chi connectivity index (χ1n) is 6.91. The van der Waals surface area contributed by atoms with Crippen LogP contribution in [0.25, 0.3) is 0 Å². The van der Waals surface area contributed by atoms with Gasteiger partial charge >= 0.3 is 0 Å². The van der Waals surface area contributed by atoms with Gasteiger partial charge in [0.1, 0.15) is 0 Å². The van der Waals surface area contributed by atoms with Crippen LogP contribution < -0.4 is 0 Å². The molecule has 0 heterocycles. The normalized spacial score (nSPS) is 38.9. The van der Waals surface area contributed by atoms with Crippen LogP contribution in [-0.2, 0) is 10.2 Å². The van der Waals surface area contributed by atoms with Crippen molar-refractivity contribution in [2.24, 2.45) is 0 Å². The smallest absolute Gasteiger partial charge is 0.0704 e. The van der Waals surface area contributed by atoms with Gasteiger partial charge in [0.25, 0.3) is 0 Å². The first-order valence-corrected chi connectivity index (χ1v) is 6.91. The van der Waals surface area contributed by atoms with Gasteiger partial charge in [-0.2, -0.15) is 0 Å². The third-order valence-electron chi connectivity index (χ3n) is 5.32. The highest BCUT2D eigenvalue weighted by molar-refractivity contribution is 5.33. The second-order valence-electron chi connectivity index (χ2n) is 6.13. The van der Waals surface area contributed by atoms with Crippen LogP contribution in [-0.4, -0.2) is 23.9 Å². The van der Waals surface area contributed by atoms with Gasteiger partial charge in [-0.15, -0.1) is 0 Å². The number of aliphatic hydroxyl groups is 1. The highest BCUT2D eigenvalue weighted by Crippen LogP contribution is 2.54. The first kappa shape index (κ1) is 12.2. The molecule has 4 rings (SSSR count). The number of benzene rings is 1. The Labute approximate surface area is 109 Å². The fourth-order valence-corrected chi connectivity index (χ4v) is 3.89. The molecule has 1 atom stereocenters. The van der Waals surface area contributed by atoms with Crippen molar-refractivity contribution in [3.63, 3.8) is 0 Å². The van der Waals surface area contributed by atoms with E-state index in [1.165, 1.54) is 11.1 Å². The minimum Gasteiger partial charge on any atom is -0.392 e. The van der Waals surface area contributed by atoms with E-state index in [0.29, 0.717) is 0 Å². The zero-order chi connectivity index (χ0) is 12.8. The van der Waals surface area contributed by atoms with E-state index in [0.717, 1.165) is 32.1 Å². The van der Waals surface area contributed by atoms with Crippen molar-refractivity contribution in [3.8, 4) is 0 Å². The van der Waals surface area contributed by atoms with Gasteiger partial charge in [-0.3, -0.25) is 0 Å². The first-order chi connectivity index (χ1) is 8.60. The van der Waals surface area contributed by atoms with Crippen molar-refractivity contribution in [3.05, 3.63) is 35.4 Å². The number of aliphatic hydroxyl groups excluding tert-OH is 1. The molecule has 2 heteroatoms. The standard InChI is InChI=1S/C16H22O2/c1-12-3-5-13(6-4-12)16-9-7-15(18-2,8-10-16)11-14(16)17/h3-6,14,17H,7-11H2,1-2H3. The van der Waals surface area contributed by atoms with Crippen LogP contribution in [0.4, 0.5) is 0 Å². The van der Waals surface area contributed by atoms with Gasteiger partial charge in [0.2, 0.25) is 0 Å². The summed E-state index contributed by atoms with van der Waals surface area (Å²) in [5.74, 6) is 0. The fraction of sp³-hybridized carbons (Fsp3) is 0.625. The van der Waals surface area contributed by atoms with Crippen LogP contribution in [0.5, 0.6) is 0 Å². The number of ether oxygens (including phenoxy) is 1. The van der Waals surface area contributed by atoms with E-state index in [-0.39, 0.29) is 17.1 Å². The van der Waals surface area contributed by atoms with Gasteiger partial charge in [0.05, 0.1) is 11.7 Å². The molecule has 1 N–H and O–H groups in total. The van der Waals surface area contributed by atoms with E-state index in [1.54, 1.807) is 7.11 Å². The van der Waals surface area contributed by atoms with Crippen LogP contribution in [0, 0.1) is 6.92 Å². The van der Waals surface area contributed by atoms with Gasteiger partial charge < -0.3 is 9.84 Å². The molecule has 0 aliphatic heterocycles. The maximum Gasteiger partial charge on any atom is 0.0704 e. The molecule has 0 amide bonds. The lowest BCUT2D eigenvalue weighted by Gasteiger charge is -2.55. The summed E-state index contributed by atoms with van der Waals surface area (Å²) in [6.07, 6.45) is 4.78. The van der Waals surface area contributed by atoms with Crippen LogP contribution in [0.2, 0.25) is 0 Å². The Morgan fingerprint density at radius 1 is 1.11 bits per heavy atom. The molecule has 1 aromatic carbocycles. The topological polar surface area (TPSA) is 29.5 Å². The van der Waals surface area contributed by atoms with E-state index < -0.39 is 0 Å². The van der Waals surface area contributed by atoms with E-state index in [9.17, 15) is 5.11 Å². The molecule has 1 aromatic rings. The van der Waals surface area contributed by atoms with Gasteiger partial charge in [-0.1, -0.05) is 29.8 Å². The van der Waals surface area contributed by atoms with Crippen molar-refractivity contribution in [2.75, 3.05) is 7.11 Å². The summed E-state index contributed by atoms with van der Waals surface area (Å²) in [6, 6.07) is 8.71. The molecule has 18 heavy (non-hydrogen) atoms. The Morgan fingerprint density at radius 2 is 1.72 bits per heavy atom. The molecule has 98 valence electrons. The minimum absolute atomic E-state index is 0.0199. The Kier molecular flexibility index (Phi) is 2.76. The summed E-state index contributed by atoms with van der Waals surface area (Å²) in [7, 11) is 1.79. The van der Waals surface area contributed by atoms with Crippen molar-refractivity contribution in [1.29, 1.82) is 0 Å². The Hall–Kier alpha value is -0.860. The lowest BCUT2D eigenvalue weighted by Crippen LogP contribution is -2.57. The molecular formula is C16H22O2. The van der Waals surface area contributed by atoms with Crippen LogP contribution in [0.3, 0.4) is 0 Å². The number of hydrogen-bond acceptors (Lipinski definition) is 2. The Bertz CT molecular complexity index is 427. The molecule has 3 fully saturated rings. The molecule has 0 radical (unpaired) electrons. The third-order valence-corrected chi connectivity index (χ3v) is 5.32.